The van der Waals surface area contributed by atoms with E-state index in [-0.39, 0.29) is 17.8 Å². The maximum absolute atomic E-state index is 14.1. The fourth-order valence-corrected chi connectivity index (χ4v) is 4.93. The molecule has 1 aromatic heterocycles. The fraction of sp³-hybridized carbons (Fsp3) is 0.300. The molecule has 7 nitrogen and oxygen atoms in total. The molecule has 0 aliphatic carbocycles. The number of fused-ring (bicyclic) bond motifs is 1. The summed E-state index contributed by atoms with van der Waals surface area (Å²) in [5.41, 5.74) is 3.39. The molecule has 1 saturated heterocycles. The van der Waals surface area contributed by atoms with Crippen LogP contribution in [0.2, 0.25) is 0 Å². The molecule has 0 spiro atoms. The standard InChI is InChI=1S/C30H31FN4O3/c1-20(25-5-2-3-6-27(25)31)32-30(37)22-9-12-28-26(19-22)29(34-33-28)21-7-10-23(11-8-21)38-24-13-16-35(17-14-24)15-4-18-36/h2-3,5-12,18-20,24H,4,13-17H2,1H3,(H,32,37)(H,33,34)/t20-/m1/s1. The summed E-state index contributed by atoms with van der Waals surface area (Å²) in [5, 5.41) is 11.2. The number of aromatic nitrogens is 2. The van der Waals surface area contributed by atoms with Crippen molar-refractivity contribution in [3.63, 3.8) is 0 Å². The highest BCUT2D eigenvalue weighted by Gasteiger charge is 2.21. The molecule has 1 aliphatic rings. The summed E-state index contributed by atoms with van der Waals surface area (Å²) in [6, 6.07) is 19.2. The normalized spacial score (nSPS) is 15.3. The third kappa shape index (κ3) is 5.75. The molecule has 2 N–H and O–H groups in total. The topological polar surface area (TPSA) is 87.3 Å². The van der Waals surface area contributed by atoms with Crippen molar-refractivity contribution >= 4 is 23.1 Å². The number of carbonyl (C=O) groups is 2. The number of hydrogen-bond acceptors (Lipinski definition) is 5. The van der Waals surface area contributed by atoms with Gasteiger partial charge in [0.2, 0.25) is 0 Å². The number of aromatic amines is 1. The number of likely N-dealkylation sites (tertiary alicyclic amines) is 1. The zero-order valence-corrected chi connectivity index (χ0v) is 21.3. The van der Waals surface area contributed by atoms with Gasteiger partial charge in [0.1, 0.15) is 24.0 Å². The number of amides is 1. The van der Waals surface area contributed by atoms with Gasteiger partial charge in [0.15, 0.2) is 0 Å². The van der Waals surface area contributed by atoms with Gasteiger partial charge in [0.05, 0.1) is 17.3 Å². The van der Waals surface area contributed by atoms with E-state index in [2.05, 4.69) is 20.4 Å². The Kier molecular flexibility index (Phi) is 7.79. The Hall–Kier alpha value is -4.04. The molecule has 1 fully saturated rings. The van der Waals surface area contributed by atoms with Crippen molar-refractivity contribution in [2.24, 2.45) is 0 Å². The predicted octanol–water partition coefficient (Wildman–Crippen LogP) is 5.29. The van der Waals surface area contributed by atoms with Gasteiger partial charge in [-0.1, -0.05) is 18.2 Å². The molecule has 1 amide bonds. The molecule has 3 aromatic carbocycles. The summed E-state index contributed by atoms with van der Waals surface area (Å²) in [4.78, 5) is 25.9. The quantitative estimate of drug-likeness (QED) is 0.296. The first-order valence-electron chi connectivity index (χ1n) is 13.0. The Morgan fingerprint density at radius 3 is 2.66 bits per heavy atom. The van der Waals surface area contributed by atoms with E-state index in [9.17, 15) is 14.0 Å². The first-order valence-corrected chi connectivity index (χ1v) is 13.0. The molecule has 4 aromatic rings. The summed E-state index contributed by atoms with van der Waals surface area (Å²) in [5.74, 6) is 0.179. The van der Waals surface area contributed by atoms with Crippen molar-refractivity contribution in [1.29, 1.82) is 0 Å². The number of benzene rings is 3. The van der Waals surface area contributed by atoms with E-state index in [0.29, 0.717) is 17.5 Å². The SMILES string of the molecule is C[C@@H](NC(=O)c1ccc2[nH]nc(-c3ccc(OC4CCN(CCC=O)CC4)cc3)c2c1)c1ccccc1F. The third-order valence-electron chi connectivity index (χ3n) is 7.07. The Morgan fingerprint density at radius 1 is 1.16 bits per heavy atom. The van der Waals surface area contributed by atoms with Gasteiger partial charge in [0.25, 0.3) is 5.91 Å². The van der Waals surface area contributed by atoms with Crippen LogP contribution in [-0.4, -0.2) is 53.0 Å². The number of nitrogens with one attached hydrogen (secondary N) is 2. The van der Waals surface area contributed by atoms with Crippen molar-refractivity contribution < 1.29 is 18.7 Å². The number of hydrogen-bond donors (Lipinski definition) is 2. The summed E-state index contributed by atoms with van der Waals surface area (Å²) in [6.07, 6.45) is 3.58. The Balaban J connectivity index is 1.26. The Labute approximate surface area is 221 Å². The van der Waals surface area contributed by atoms with Gasteiger partial charge in [0, 0.05) is 48.1 Å². The van der Waals surface area contributed by atoms with Crippen LogP contribution in [0.15, 0.2) is 66.7 Å². The zero-order chi connectivity index (χ0) is 26.5. The number of halogens is 1. The van der Waals surface area contributed by atoms with Gasteiger partial charge < -0.3 is 19.7 Å². The van der Waals surface area contributed by atoms with Crippen LogP contribution in [0, 0.1) is 5.82 Å². The highest BCUT2D eigenvalue weighted by Crippen LogP contribution is 2.29. The lowest BCUT2D eigenvalue weighted by atomic mass is 10.0. The molecule has 0 bridgehead atoms. The van der Waals surface area contributed by atoms with E-state index in [4.69, 9.17) is 4.74 Å². The number of rotatable bonds is 9. The Bertz CT molecular complexity index is 1410. The van der Waals surface area contributed by atoms with Gasteiger partial charge in [-0.25, -0.2) is 4.39 Å². The number of H-pyrrole nitrogens is 1. The minimum absolute atomic E-state index is 0.160. The lowest BCUT2D eigenvalue weighted by Crippen LogP contribution is -2.38. The second-order valence-electron chi connectivity index (χ2n) is 9.69. The largest absolute Gasteiger partial charge is 0.490 e. The average Bonchev–Trinajstić information content (AvgIpc) is 3.36. The molecule has 196 valence electrons. The predicted molar refractivity (Wildman–Crippen MR) is 145 cm³/mol. The molecular weight excluding hydrogens is 483 g/mol. The molecule has 8 heteroatoms. The van der Waals surface area contributed by atoms with Crippen LogP contribution < -0.4 is 10.1 Å². The van der Waals surface area contributed by atoms with Gasteiger partial charge in [-0.3, -0.25) is 9.89 Å². The van der Waals surface area contributed by atoms with Crippen molar-refractivity contribution in [2.45, 2.75) is 38.3 Å². The Morgan fingerprint density at radius 2 is 1.92 bits per heavy atom. The lowest BCUT2D eigenvalue weighted by molar-refractivity contribution is -0.108. The average molecular weight is 515 g/mol. The molecule has 0 unspecified atom stereocenters. The monoisotopic (exact) mass is 514 g/mol. The van der Waals surface area contributed by atoms with Gasteiger partial charge in [-0.05, 0) is 68.3 Å². The first kappa shape index (κ1) is 25.6. The number of aldehydes is 1. The minimum Gasteiger partial charge on any atom is -0.490 e. The van der Waals surface area contributed by atoms with Crippen LogP contribution in [0.5, 0.6) is 5.75 Å². The van der Waals surface area contributed by atoms with Crippen LogP contribution in [0.1, 0.15) is 48.1 Å². The van der Waals surface area contributed by atoms with E-state index in [0.717, 1.165) is 66.7 Å². The highest BCUT2D eigenvalue weighted by atomic mass is 19.1. The maximum Gasteiger partial charge on any atom is 0.251 e. The molecule has 2 heterocycles. The number of piperidine rings is 1. The maximum atomic E-state index is 14.1. The van der Waals surface area contributed by atoms with Crippen LogP contribution >= 0.6 is 0 Å². The molecule has 38 heavy (non-hydrogen) atoms. The summed E-state index contributed by atoms with van der Waals surface area (Å²) >= 11 is 0. The van der Waals surface area contributed by atoms with Gasteiger partial charge in [-0.2, -0.15) is 5.10 Å². The summed E-state index contributed by atoms with van der Waals surface area (Å²) < 4.78 is 20.3. The van der Waals surface area contributed by atoms with Crippen molar-refractivity contribution in [3.8, 4) is 17.0 Å². The van der Waals surface area contributed by atoms with Crippen LogP contribution in [0.25, 0.3) is 22.2 Å². The van der Waals surface area contributed by atoms with Crippen LogP contribution in [-0.2, 0) is 4.79 Å². The second kappa shape index (κ2) is 11.6. The summed E-state index contributed by atoms with van der Waals surface area (Å²) in [6.45, 7) is 4.45. The van der Waals surface area contributed by atoms with Gasteiger partial charge in [-0.15, -0.1) is 0 Å². The van der Waals surface area contributed by atoms with Crippen molar-refractivity contribution in [2.75, 3.05) is 19.6 Å². The molecule has 0 saturated carbocycles. The minimum atomic E-state index is -0.473. The number of carbonyl (C=O) groups excluding carboxylic acids is 2. The highest BCUT2D eigenvalue weighted by molar-refractivity contribution is 6.01. The molecule has 0 radical (unpaired) electrons. The van der Waals surface area contributed by atoms with Crippen molar-refractivity contribution in [1.82, 2.24) is 20.4 Å². The lowest BCUT2D eigenvalue weighted by Gasteiger charge is -2.31. The second-order valence-corrected chi connectivity index (χ2v) is 9.69. The van der Waals surface area contributed by atoms with Gasteiger partial charge >= 0.3 is 0 Å². The third-order valence-corrected chi connectivity index (χ3v) is 7.07. The van der Waals surface area contributed by atoms with E-state index in [1.807, 2.05) is 30.3 Å². The molecule has 1 atom stereocenters. The number of nitrogens with zero attached hydrogens (tertiary/aromatic N) is 2. The molecular formula is C30H31FN4O3. The van der Waals surface area contributed by atoms with E-state index >= 15 is 0 Å². The fourth-order valence-electron chi connectivity index (χ4n) is 4.93. The number of ether oxygens (including phenoxy) is 1. The van der Waals surface area contributed by atoms with E-state index < -0.39 is 6.04 Å². The smallest absolute Gasteiger partial charge is 0.251 e. The van der Waals surface area contributed by atoms with Crippen LogP contribution in [0.3, 0.4) is 0 Å². The first-order chi connectivity index (χ1) is 18.5. The van der Waals surface area contributed by atoms with E-state index in [1.54, 1.807) is 37.3 Å². The van der Waals surface area contributed by atoms with E-state index in [1.165, 1.54) is 6.07 Å². The molecule has 5 rings (SSSR count). The van der Waals surface area contributed by atoms with Crippen LogP contribution in [0.4, 0.5) is 4.39 Å². The van der Waals surface area contributed by atoms with Crippen molar-refractivity contribution in [3.05, 3.63) is 83.7 Å². The zero-order valence-electron chi connectivity index (χ0n) is 21.3. The molecule has 1 aliphatic heterocycles. The summed E-state index contributed by atoms with van der Waals surface area (Å²) in [7, 11) is 0.